The lowest BCUT2D eigenvalue weighted by atomic mass is 10.3. The summed E-state index contributed by atoms with van der Waals surface area (Å²) in [7, 11) is -1.63. The van der Waals surface area contributed by atoms with Crippen LogP contribution in [0.1, 0.15) is 19.8 Å². The average molecular weight is 221 g/mol. The van der Waals surface area contributed by atoms with Crippen LogP contribution in [0.2, 0.25) is 0 Å². The van der Waals surface area contributed by atoms with Crippen molar-refractivity contribution in [1.29, 1.82) is 0 Å². The standard InChI is InChI=1S/C8H19N3O2S/c1-3-5-10(2)14(12,13)11-6-4-8(9)7-11/h8H,3-7,9H2,1-2H3. The van der Waals surface area contributed by atoms with Crippen molar-refractivity contribution in [3.63, 3.8) is 0 Å². The molecule has 1 heterocycles. The smallest absolute Gasteiger partial charge is 0.281 e. The number of nitrogens with zero attached hydrogens (tertiary/aromatic N) is 2. The predicted octanol–water partition coefficient (Wildman–Crippen LogP) is -0.394. The van der Waals surface area contributed by atoms with Crippen molar-refractivity contribution >= 4 is 10.2 Å². The summed E-state index contributed by atoms with van der Waals surface area (Å²) in [5.74, 6) is 0. The van der Waals surface area contributed by atoms with E-state index in [9.17, 15) is 8.42 Å². The Labute approximate surface area is 86.0 Å². The Bertz CT molecular complexity index is 278. The van der Waals surface area contributed by atoms with Crippen LogP contribution in [0.4, 0.5) is 0 Å². The first-order chi connectivity index (χ1) is 6.48. The van der Waals surface area contributed by atoms with Crippen molar-refractivity contribution < 1.29 is 8.42 Å². The highest BCUT2D eigenvalue weighted by atomic mass is 32.2. The molecule has 1 fully saturated rings. The molecule has 0 saturated carbocycles. The summed E-state index contributed by atoms with van der Waals surface area (Å²) in [6, 6.07) is -0.000184. The molecule has 0 amide bonds. The Hall–Kier alpha value is -0.170. The first-order valence-electron chi connectivity index (χ1n) is 4.95. The molecule has 6 heteroatoms. The van der Waals surface area contributed by atoms with Crippen molar-refractivity contribution in [1.82, 2.24) is 8.61 Å². The second kappa shape index (κ2) is 4.57. The van der Waals surface area contributed by atoms with E-state index in [1.54, 1.807) is 7.05 Å². The number of nitrogens with two attached hydrogens (primary N) is 1. The molecular weight excluding hydrogens is 202 g/mol. The van der Waals surface area contributed by atoms with E-state index >= 15 is 0 Å². The monoisotopic (exact) mass is 221 g/mol. The Morgan fingerprint density at radius 2 is 2.21 bits per heavy atom. The molecule has 5 nitrogen and oxygen atoms in total. The quantitative estimate of drug-likeness (QED) is 0.703. The molecule has 0 aromatic carbocycles. The SMILES string of the molecule is CCCN(C)S(=O)(=O)N1CCC(N)C1. The first-order valence-corrected chi connectivity index (χ1v) is 6.35. The summed E-state index contributed by atoms with van der Waals surface area (Å²) in [6.07, 6.45) is 1.59. The molecule has 1 saturated heterocycles. The van der Waals surface area contributed by atoms with Crippen molar-refractivity contribution in [3.8, 4) is 0 Å². The molecule has 0 radical (unpaired) electrons. The van der Waals surface area contributed by atoms with E-state index in [-0.39, 0.29) is 6.04 Å². The molecule has 0 aromatic heterocycles. The van der Waals surface area contributed by atoms with Gasteiger partial charge in [0.2, 0.25) is 0 Å². The third-order valence-corrected chi connectivity index (χ3v) is 4.40. The van der Waals surface area contributed by atoms with Gasteiger partial charge < -0.3 is 5.73 Å². The van der Waals surface area contributed by atoms with E-state index in [1.807, 2.05) is 6.92 Å². The number of hydrogen-bond donors (Lipinski definition) is 1. The van der Waals surface area contributed by atoms with Crippen LogP contribution in [0.15, 0.2) is 0 Å². The zero-order chi connectivity index (χ0) is 10.8. The highest BCUT2D eigenvalue weighted by molar-refractivity contribution is 7.86. The molecule has 0 aromatic rings. The van der Waals surface area contributed by atoms with Gasteiger partial charge in [-0.25, -0.2) is 0 Å². The predicted molar refractivity (Wildman–Crippen MR) is 56.0 cm³/mol. The second-order valence-electron chi connectivity index (χ2n) is 3.74. The van der Waals surface area contributed by atoms with Gasteiger partial charge >= 0.3 is 0 Å². The minimum Gasteiger partial charge on any atom is -0.326 e. The van der Waals surface area contributed by atoms with Crippen LogP contribution in [0.25, 0.3) is 0 Å². The molecule has 84 valence electrons. The summed E-state index contributed by atoms with van der Waals surface area (Å²) in [5, 5.41) is 0. The van der Waals surface area contributed by atoms with E-state index in [0.717, 1.165) is 12.8 Å². The zero-order valence-corrected chi connectivity index (χ0v) is 9.63. The van der Waals surface area contributed by atoms with Crippen LogP contribution < -0.4 is 5.73 Å². The van der Waals surface area contributed by atoms with Crippen LogP contribution in [0, 0.1) is 0 Å². The Morgan fingerprint density at radius 1 is 1.57 bits per heavy atom. The lowest BCUT2D eigenvalue weighted by Gasteiger charge is -2.23. The molecule has 1 aliphatic heterocycles. The van der Waals surface area contributed by atoms with Gasteiger partial charge in [-0.2, -0.15) is 17.0 Å². The molecular formula is C8H19N3O2S. The minimum atomic E-state index is -3.25. The molecule has 0 bridgehead atoms. The summed E-state index contributed by atoms with van der Waals surface area (Å²) in [5.41, 5.74) is 5.67. The van der Waals surface area contributed by atoms with Gasteiger partial charge in [-0.3, -0.25) is 0 Å². The van der Waals surface area contributed by atoms with Crippen LogP contribution >= 0.6 is 0 Å². The summed E-state index contributed by atoms with van der Waals surface area (Å²) < 4.78 is 26.6. The Morgan fingerprint density at radius 3 is 2.64 bits per heavy atom. The normalized spacial score (nSPS) is 24.7. The van der Waals surface area contributed by atoms with Gasteiger partial charge in [-0.05, 0) is 12.8 Å². The fourth-order valence-corrected chi connectivity index (χ4v) is 3.11. The van der Waals surface area contributed by atoms with Crippen molar-refractivity contribution in [2.75, 3.05) is 26.7 Å². The van der Waals surface area contributed by atoms with Crippen molar-refractivity contribution in [2.45, 2.75) is 25.8 Å². The molecule has 0 spiro atoms. The van der Waals surface area contributed by atoms with Crippen LogP contribution in [-0.4, -0.2) is 49.8 Å². The summed E-state index contributed by atoms with van der Waals surface area (Å²) in [4.78, 5) is 0. The molecule has 1 atom stereocenters. The maximum atomic E-state index is 11.9. The van der Waals surface area contributed by atoms with Gasteiger partial charge in [0.05, 0.1) is 0 Å². The highest BCUT2D eigenvalue weighted by Gasteiger charge is 2.31. The van der Waals surface area contributed by atoms with E-state index in [0.29, 0.717) is 19.6 Å². The van der Waals surface area contributed by atoms with Gasteiger partial charge in [0.1, 0.15) is 0 Å². The maximum absolute atomic E-state index is 11.9. The largest absolute Gasteiger partial charge is 0.326 e. The fourth-order valence-electron chi connectivity index (χ4n) is 1.59. The third kappa shape index (κ3) is 2.44. The second-order valence-corrected chi connectivity index (χ2v) is 5.77. The van der Waals surface area contributed by atoms with Gasteiger partial charge in [0, 0.05) is 32.7 Å². The first kappa shape index (κ1) is 11.9. The lowest BCUT2D eigenvalue weighted by molar-refractivity contribution is 0.392. The molecule has 0 aliphatic carbocycles. The van der Waals surface area contributed by atoms with Crippen LogP contribution in [0.3, 0.4) is 0 Å². The van der Waals surface area contributed by atoms with Gasteiger partial charge in [-0.1, -0.05) is 6.92 Å². The van der Waals surface area contributed by atoms with Gasteiger partial charge in [0.15, 0.2) is 0 Å². The average Bonchev–Trinajstić information content (AvgIpc) is 2.52. The lowest BCUT2D eigenvalue weighted by Crippen LogP contribution is -2.41. The van der Waals surface area contributed by atoms with E-state index in [4.69, 9.17) is 5.73 Å². The van der Waals surface area contributed by atoms with E-state index in [2.05, 4.69) is 0 Å². The number of hydrogen-bond acceptors (Lipinski definition) is 3. The Kier molecular flexibility index (Phi) is 3.88. The summed E-state index contributed by atoms with van der Waals surface area (Å²) >= 11 is 0. The highest BCUT2D eigenvalue weighted by Crippen LogP contribution is 2.14. The van der Waals surface area contributed by atoms with Gasteiger partial charge in [0.25, 0.3) is 10.2 Å². The van der Waals surface area contributed by atoms with Crippen molar-refractivity contribution in [2.24, 2.45) is 5.73 Å². The molecule has 1 unspecified atom stereocenters. The Balaban J connectivity index is 2.65. The zero-order valence-electron chi connectivity index (χ0n) is 8.81. The molecule has 2 N–H and O–H groups in total. The maximum Gasteiger partial charge on any atom is 0.281 e. The van der Waals surface area contributed by atoms with E-state index < -0.39 is 10.2 Å². The topological polar surface area (TPSA) is 66.6 Å². The third-order valence-electron chi connectivity index (χ3n) is 2.45. The fraction of sp³-hybridized carbons (Fsp3) is 1.00. The van der Waals surface area contributed by atoms with Crippen LogP contribution in [0.5, 0.6) is 0 Å². The number of rotatable bonds is 4. The summed E-state index contributed by atoms with van der Waals surface area (Å²) in [6.45, 7) is 3.53. The van der Waals surface area contributed by atoms with Gasteiger partial charge in [-0.15, -0.1) is 0 Å². The van der Waals surface area contributed by atoms with Crippen LogP contribution in [-0.2, 0) is 10.2 Å². The minimum absolute atomic E-state index is 0.000184. The molecule has 1 aliphatic rings. The molecule has 14 heavy (non-hydrogen) atoms. The van der Waals surface area contributed by atoms with E-state index in [1.165, 1.54) is 8.61 Å². The molecule has 1 rings (SSSR count). The van der Waals surface area contributed by atoms with Crippen molar-refractivity contribution in [3.05, 3.63) is 0 Å².